The third-order valence-corrected chi connectivity index (χ3v) is 7.95. The molecule has 2 aromatic carbocycles. The summed E-state index contributed by atoms with van der Waals surface area (Å²) >= 11 is 0. The highest BCUT2D eigenvalue weighted by Gasteiger charge is 2.27. The first-order valence-electron chi connectivity index (χ1n) is 11.2. The van der Waals surface area contributed by atoms with Crippen molar-refractivity contribution in [2.75, 3.05) is 38.5 Å². The average molecular weight is 498 g/mol. The van der Waals surface area contributed by atoms with Crippen molar-refractivity contribution in [1.82, 2.24) is 19.0 Å². The van der Waals surface area contributed by atoms with E-state index in [9.17, 15) is 17.6 Å². The number of aromatic nitrogens is 2. The molecule has 4 rings (SSSR count). The van der Waals surface area contributed by atoms with E-state index in [-0.39, 0.29) is 16.6 Å². The molecule has 1 aliphatic rings. The number of benzene rings is 2. The van der Waals surface area contributed by atoms with Gasteiger partial charge in [-0.3, -0.25) is 4.79 Å². The third-order valence-electron chi connectivity index (χ3n) is 6.04. The van der Waals surface area contributed by atoms with Crippen molar-refractivity contribution >= 4 is 27.7 Å². The van der Waals surface area contributed by atoms with Gasteiger partial charge in [0.2, 0.25) is 15.9 Å². The fraction of sp³-hybridized carbons (Fsp3) is 0.280. The van der Waals surface area contributed by atoms with Crippen LogP contribution in [0.1, 0.15) is 17.0 Å². The average Bonchev–Trinajstić information content (AvgIpc) is 3.12. The SMILES string of the molecule is Cc1nn(-c2ccc(F)cc2)c(C)c1/C=C/C(=O)Nc1ccc(S(=O)(=O)N2CCN(C)CC2)cc1. The second-order valence-electron chi connectivity index (χ2n) is 8.53. The first kappa shape index (κ1) is 24.8. The summed E-state index contributed by atoms with van der Waals surface area (Å²) in [6.45, 7) is 6.02. The molecule has 0 spiro atoms. The van der Waals surface area contributed by atoms with Crippen LogP contribution in [0.5, 0.6) is 0 Å². The Bertz CT molecular complexity index is 1340. The molecule has 0 bridgehead atoms. The summed E-state index contributed by atoms with van der Waals surface area (Å²) in [5, 5.41) is 7.25. The predicted octanol–water partition coefficient (Wildman–Crippen LogP) is 3.22. The van der Waals surface area contributed by atoms with Gasteiger partial charge >= 0.3 is 0 Å². The molecule has 1 aliphatic heterocycles. The van der Waals surface area contributed by atoms with E-state index in [1.807, 2.05) is 20.9 Å². The molecule has 0 saturated carbocycles. The number of carbonyl (C=O) groups excluding carboxylic acids is 1. The van der Waals surface area contributed by atoms with Gasteiger partial charge < -0.3 is 10.2 Å². The van der Waals surface area contributed by atoms with Crippen LogP contribution in [0.2, 0.25) is 0 Å². The molecule has 1 amide bonds. The summed E-state index contributed by atoms with van der Waals surface area (Å²) in [5.74, 6) is -0.676. The monoisotopic (exact) mass is 497 g/mol. The molecule has 0 unspecified atom stereocenters. The Kier molecular flexibility index (Phi) is 7.15. The quantitative estimate of drug-likeness (QED) is 0.529. The van der Waals surface area contributed by atoms with Gasteiger partial charge in [-0.25, -0.2) is 17.5 Å². The summed E-state index contributed by atoms with van der Waals surface area (Å²) in [4.78, 5) is 14.8. The third kappa shape index (κ3) is 5.50. The molecule has 0 atom stereocenters. The first-order chi connectivity index (χ1) is 16.6. The maximum absolute atomic E-state index is 13.2. The molecule has 8 nitrogen and oxygen atoms in total. The topological polar surface area (TPSA) is 87.5 Å². The van der Waals surface area contributed by atoms with E-state index >= 15 is 0 Å². The second-order valence-corrected chi connectivity index (χ2v) is 10.5. The second kappa shape index (κ2) is 10.1. The van der Waals surface area contributed by atoms with E-state index in [0.29, 0.717) is 31.9 Å². The summed E-state index contributed by atoms with van der Waals surface area (Å²) in [6, 6.07) is 12.2. The molecular formula is C25H28FN5O3S. The van der Waals surface area contributed by atoms with E-state index in [1.165, 1.54) is 34.6 Å². The number of hydrogen-bond donors (Lipinski definition) is 1. The van der Waals surface area contributed by atoms with Crippen LogP contribution in [-0.4, -0.2) is 66.5 Å². The number of nitrogens with zero attached hydrogens (tertiary/aromatic N) is 4. The van der Waals surface area contributed by atoms with Crippen LogP contribution < -0.4 is 5.32 Å². The number of halogens is 1. The molecule has 35 heavy (non-hydrogen) atoms. The predicted molar refractivity (Wildman–Crippen MR) is 133 cm³/mol. The van der Waals surface area contributed by atoms with Gasteiger partial charge in [-0.2, -0.15) is 9.40 Å². The number of rotatable bonds is 6. The lowest BCUT2D eigenvalue weighted by Crippen LogP contribution is -2.46. The maximum atomic E-state index is 13.2. The van der Waals surface area contributed by atoms with E-state index in [1.54, 1.807) is 35.0 Å². The van der Waals surface area contributed by atoms with E-state index < -0.39 is 10.0 Å². The van der Waals surface area contributed by atoms with Crippen molar-refractivity contribution in [1.29, 1.82) is 0 Å². The lowest BCUT2D eigenvalue weighted by Gasteiger charge is -2.31. The molecule has 184 valence electrons. The highest BCUT2D eigenvalue weighted by atomic mass is 32.2. The Morgan fingerprint density at radius 1 is 1.00 bits per heavy atom. The molecule has 1 fully saturated rings. The van der Waals surface area contributed by atoms with Crippen LogP contribution in [0.4, 0.5) is 10.1 Å². The van der Waals surface area contributed by atoms with Gasteiger partial charge in [0.05, 0.1) is 16.3 Å². The fourth-order valence-electron chi connectivity index (χ4n) is 3.96. The smallest absolute Gasteiger partial charge is 0.248 e. The molecule has 0 aliphatic carbocycles. The standard InChI is InChI=1S/C25H28FN5O3S/c1-18-24(19(2)31(28-18)22-8-4-20(26)5-9-22)12-13-25(32)27-21-6-10-23(11-7-21)35(33,34)30-16-14-29(3)15-17-30/h4-13H,14-17H2,1-3H3,(H,27,32)/b13-12+. The number of carbonyl (C=O) groups is 1. The zero-order valence-corrected chi connectivity index (χ0v) is 20.7. The number of piperazine rings is 1. The van der Waals surface area contributed by atoms with Crippen LogP contribution in [0.3, 0.4) is 0 Å². The van der Waals surface area contributed by atoms with E-state index in [0.717, 1.165) is 22.6 Å². The van der Waals surface area contributed by atoms with Crippen LogP contribution in [0, 0.1) is 19.7 Å². The van der Waals surface area contributed by atoms with Gasteiger partial charge in [0.15, 0.2) is 0 Å². The van der Waals surface area contributed by atoms with E-state index in [2.05, 4.69) is 15.3 Å². The van der Waals surface area contributed by atoms with Crippen molar-refractivity contribution < 1.29 is 17.6 Å². The Labute approximate surface area is 204 Å². The minimum Gasteiger partial charge on any atom is -0.323 e. The van der Waals surface area contributed by atoms with Crippen LogP contribution >= 0.6 is 0 Å². The molecule has 3 aromatic rings. The van der Waals surface area contributed by atoms with Gasteiger partial charge in [0, 0.05) is 49.2 Å². The normalized spacial score (nSPS) is 15.5. The summed E-state index contributed by atoms with van der Waals surface area (Å²) in [5.41, 5.74) is 3.55. The number of amides is 1. The Morgan fingerprint density at radius 2 is 1.63 bits per heavy atom. The van der Waals surface area contributed by atoms with Gasteiger partial charge in [-0.1, -0.05) is 0 Å². The molecule has 1 aromatic heterocycles. The van der Waals surface area contributed by atoms with Gasteiger partial charge in [-0.05, 0) is 75.5 Å². The number of anilines is 1. The first-order valence-corrected chi connectivity index (χ1v) is 12.7. The molecule has 1 saturated heterocycles. The lowest BCUT2D eigenvalue weighted by molar-refractivity contribution is -0.111. The van der Waals surface area contributed by atoms with Crippen molar-refractivity contribution in [3.8, 4) is 5.69 Å². The lowest BCUT2D eigenvalue weighted by atomic mass is 10.2. The van der Waals surface area contributed by atoms with Crippen molar-refractivity contribution in [2.24, 2.45) is 0 Å². The Balaban J connectivity index is 1.43. The Morgan fingerprint density at radius 3 is 2.26 bits per heavy atom. The minimum atomic E-state index is -3.56. The number of nitrogens with one attached hydrogen (secondary N) is 1. The zero-order chi connectivity index (χ0) is 25.2. The maximum Gasteiger partial charge on any atom is 0.248 e. The number of likely N-dealkylation sites (N-methyl/N-ethyl adjacent to an activating group) is 1. The summed E-state index contributed by atoms with van der Waals surface area (Å²) in [7, 11) is -1.59. The minimum absolute atomic E-state index is 0.204. The highest BCUT2D eigenvalue weighted by molar-refractivity contribution is 7.89. The molecule has 2 heterocycles. The zero-order valence-electron chi connectivity index (χ0n) is 19.9. The largest absolute Gasteiger partial charge is 0.323 e. The highest BCUT2D eigenvalue weighted by Crippen LogP contribution is 2.21. The molecule has 1 N–H and O–H groups in total. The summed E-state index contributed by atoms with van der Waals surface area (Å²) < 4.78 is 42.1. The van der Waals surface area contributed by atoms with Crippen molar-refractivity contribution in [3.63, 3.8) is 0 Å². The van der Waals surface area contributed by atoms with Gasteiger partial charge in [0.25, 0.3) is 0 Å². The van der Waals surface area contributed by atoms with Crippen LogP contribution in [0.15, 0.2) is 59.5 Å². The van der Waals surface area contributed by atoms with Gasteiger partial charge in [-0.15, -0.1) is 0 Å². The van der Waals surface area contributed by atoms with Crippen LogP contribution in [-0.2, 0) is 14.8 Å². The molecular weight excluding hydrogens is 469 g/mol. The number of hydrogen-bond acceptors (Lipinski definition) is 5. The van der Waals surface area contributed by atoms with Crippen molar-refractivity contribution in [3.05, 3.63) is 77.4 Å². The van der Waals surface area contributed by atoms with E-state index in [4.69, 9.17) is 0 Å². The number of aryl methyl sites for hydroxylation is 1. The fourth-order valence-corrected chi connectivity index (χ4v) is 5.38. The molecule has 0 radical (unpaired) electrons. The molecule has 10 heteroatoms. The van der Waals surface area contributed by atoms with Gasteiger partial charge in [0.1, 0.15) is 5.82 Å². The van der Waals surface area contributed by atoms with Crippen LogP contribution in [0.25, 0.3) is 11.8 Å². The number of sulfonamides is 1. The van der Waals surface area contributed by atoms with Crippen molar-refractivity contribution in [2.45, 2.75) is 18.7 Å². The Hall–Kier alpha value is -3.34. The summed E-state index contributed by atoms with van der Waals surface area (Å²) in [6.07, 6.45) is 3.08.